The Morgan fingerprint density at radius 3 is 3.00 bits per heavy atom. The third-order valence-electron chi connectivity index (χ3n) is 4.06. The van der Waals surface area contributed by atoms with Gasteiger partial charge in [0.2, 0.25) is 0 Å². The number of aryl methyl sites for hydroxylation is 2. The van der Waals surface area contributed by atoms with Crippen LogP contribution in [0.15, 0.2) is 23.6 Å². The molecule has 0 bridgehead atoms. The predicted octanol–water partition coefficient (Wildman–Crippen LogP) is 3.89. The maximum atomic E-state index is 9.34. The Balaban J connectivity index is 1.81. The number of nitriles is 1. The van der Waals surface area contributed by atoms with E-state index < -0.39 is 0 Å². The van der Waals surface area contributed by atoms with E-state index >= 15 is 0 Å². The number of hydrogen-bond donors (Lipinski definition) is 1. The van der Waals surface area contributed by atoms with Crippen LogP contribution in [-0.4, -0.2) is 11.5 Å². The summed E-state index contributed by atoms with van der Waals surface area (Å²) in [4.78, 5) is 6.02. The van der Waals surface area contributed by atoms with Gasteiger partial charge >= 0.3 is 0 Å². The number of nitrogens with one attached hydrogen (secondary N) is 1. The van der Waals surface area contributed by atoms with Gasteiger partial charge in [-0.15, -0.1) is 11.3 Å². The first-order valence-corrected chi connectivity index (χ1v) is 8.19. The summed E-state index contributed by atoms with van der Waals surface area (Å²) in [5.74, 6) is 0.739. The first-order chi connectivity index (χ1) is 10.1. The zero-order chi connectivity index (χ0) is 14.9. The van der Waals surface area contributed by atoms with Crippen molar-refractivity contribution in [2.45, 2.75) is 38.5 Å². The monoisotopic (exact) mass is 297 g/mol. The highest BCUT2D eigenvalue weighted by Gasteiger charge is 2.23. The number of aromatic nitrogens is 1. The third kappa shape index (κ3) is 2.79. The fourth-order valence-corrected chi connectivity index (χ4v) is 3.60. The SMILES string of the molecule is CC(C)(CNc1nc2c(cc1C#N)CCC2)c1cccs1. The van der Waals surface area contributed by atoms with Gasteiger partial charge in [-0.05, 0) is 42.3 Å². The van der Waals surface area contributed by atoms with Gasteiger partial charge < -0.3 is 5.32 Å². The molecule has 0 amide bonds. The molecule has 2 aromatic heterocycles. The Morgan fingerprint density at radius 2 is 2.29 bits per heavy atom. The Labute approximate surface area is 129 Å². The van der Waals surface area contributed by atoms with Gasteiger partial charge in [-0.3, -0.25) is 0 Å². The molecule has 108 valence electrons. The van der Waals surface area contributed by atoms with E-state index in [4.69, 9.17) is 0 Å². The van der Waals surface area contributed by atoms with Crippen molar-refractivity contribution in [2.75, 3.05) is 11.9 Å². The quantitative estimate of drug-likeness (QED) is 0.931. The molecule has 0 radical (unpaired) electrons. The van der Waals surface area contributed by atoms with Gasteiger partial charge in [-0.25, -0.2) is 4.98 Å². The Kier molecular flexibility index (Phi) is 3.69. The molecule has 4 heteroatoms. The summed E-state index contributed by atoms with van der Waals surface area (Å²) in [6, 6.07) is 8.52. The number of pyridine rings is 1. The van der Waals surface area contributed by atoms with Crippen molar-refractivity contribution in [3.8, 4) is 6.07 Å². The summed E-state index contributed by atoms with van der Waals surface area (Å²) in [6.07, 6.45) is 3.24. The second-order valence-corrected chi connectivity index (χ2v) is 7.12. The normalized spacial score (nSPS) is 13.8. The largest absolute Gasteiger partial charge is 0.368 e. The van der Waals surface area contributed by atoms with E-state index in [-0.39, 0.29) is 5.41 Å². The van der Waals surface area contributed by atoms with Gasteiger partial charge in [0.15, 0.2) is 0 Å². The lowest BCUT2D eigenvalue weighted by atomic mass is 9.91. The molecule has 21 heavy (non-hydrogen) atoms. The summed E-state index contributed by atoms with van der Waals surface area (Å²) in [5, 5.41) is 14.8. The lowest BCUT2D eigenvalue weighted by Gasteiger charge is -2.24. The molecule has 0 saturated carbocycles. The summed E-state index contributed by atoms with van der Waals surface area (Å²) in [5.41, 5.74) is 3.10. The highest BCUT2D eigenvalue weighted by Crippen LogP contribution is 2.29. The minimum atomic E-state index is 0.0294. The van der Waals surface area contributed by atoms with E-state index in [9.17, 15) is 5.26 Å². The van der Waals surface area contributed by atoms with Gasteiger partial charge in [0.25, 0.3) is 0 Å². The van der Waals surface area contributed by atoms with Gasteiger partial charge in [0.05, 0.1) is 5.56 Å². The van der Waals surface area contributed by atoms with Gasteiger partial charge in [-0.2, -0.15) is 5.26 Å². The van der Waals surface area contributed by atoms with Crippen molar-refractivity contribution >= 4 is 17.2 Å². The van der Waals surface area contributed by atoms with Crippen LogP contribution in [0.5, 0.6) is 0 Å². The van der Waals surface area contributed by atoms with E-state index in [1.54, 1.807) is 11.3 Å². The number of anilines is 1. The molecule has 0 fully saturated rings. The van der Waals surface area contributed by atoms with E-state index in [0.29, 0.717) is 5.56 Å². The van der Waals surface area contributed by atoms with Crippen LogP contribution in [0.25, 0.3) is 0 Å². The minimum absolute atomic E-state index is 0.0294. The molecule has 3 rings (SSSR count). The first kappa shape index (κ1) is 14.1. The lowest BCUT2D eigenvalue weighted by Crippen LogP contribution is -2.27. The minimum Gasteiger partial charge on any atom is -0.368 e. The van der Waals surface area contributed by atoms with Crippen LogP contribution in [0.1, 0.15) is 42.0 Å². The second-order valence-electron chi connectivity index (χ2n) is 6.17. The lowest BCUT2D eigenvalue weighted by molar-refractivity contribution is 0.568. The predicted molar refractivity (Wildman–Crippen MR) is 86.8 cm³/mol. The van der Waals surface area contributed by atoms with Crippen LogP contribution in [0.4, 0.5) is 5.82 Å². The maximum absolute atomic E-state index is 9.34. The molecule has 0 aliphatic heterocycles. The van der Waals surface area contributed by atoms with E-state index in [1.807, 2.05) is 6.07 Å². The molecule has 0 aromatic carbocycles. The summed E-state index contributed by atoms with van der Waals surface area (Å²) >= 11 is 1.77. The first-order valence-electron chi connectivity index (χ1n) is 7.31. The van der Waals surface area contributed by atoms with Crippen LogP contribution in [0.2, 0.25) is 0 Å². The molecular formula is C17H19N3S. The number of fused-ring (bicyclic) bond motifs is 1. The standard InChI is InChI=1S/C17H19N3S/c1-17(2,15-7-4-8-21-15)11-19-16-13(10-18)9-12-5-3-6-14(12)20-16/h4,7-9H,3,5-6,11H2,1-2H3,(H,19,20). The van der Waals surface area contributed by atoms with Crippen molar-refractivity contribution in [3.05, 3.63) is 45.3 Å². The average Bonchev–Trinajstić information content (AvgIpc) is 3.14. The number of thiophene rings is 1. The highest BCUT2D eigenvalue weighted by molar-refractivity contribution is 7.10. The maximum Gasteiger partial charge on any atom is 0.144 e. The van der Waals surface area contributed by atoms with Crippen LogP contribution < -0.4 is 5.32 Å². The van der Waals surface area contributed by atoms with Crippen LogP contribution >= 0.6 is 11.3 Å². The molecule has 0 unspecified atom stereocenters. The van der Waals surface area contributed by atoms with Crippen molar-refractivity contribution in [2.24, 2.45) is 0 Å². The Bertz CT molecular complexity index is 681. The Morgan fingerprint density at radius 1 is 1.43 bits per heavy atom. The average molecular weight is 297 g/mol. The van der Waals surface area contributed by atoms with Crippen molar-refractivity contribution in [1.82, 2.24) is 4.98 Å². The smallest absolute Gasteiger partial charge is 0.144 e. The topological polar surface area (TPSA) is 48.7 Å². The zero-order valence-corrected chi connectivity index (χ0v) is 13.3. The fourth-order valence-electron chi connectivity index (χ4n) is 2.75. The molecule has 1 N–H and O–H groups in total. The van der Waals surface area contributed by atoms with E-state index in [0.717, 1.165) is 37.3 Å². The number of rotatable bonds is 4. The molecule has 0 atom stereocenters. The van der Waals surface area contributed by atoms with Crippen molar-refractivity contribution in [3.63, 3.8) is 0 Å². The van der Waals surface area contributed by atoms with Crippen molar-refractivity contribution in [1.29, 1.82) is 5.26 Å². The number of nitrogens with zero attached hydrogens (tertiary/aromatic N) is 2. The fraction of sp³-hybridized carbons (Fsp3) is 0.412. The zero-order valence-electron chi connectivity index (χ0n) is 12.4. The van der Waals surface area contributed by atoms with E-state index in [1.165, 1.54) is 10.4 Å². The summed E-state index contributed by atoms with van der Waals surface area (Å²) in [7, 11) is 0. The van der Waals surface area contributed by atoms with Crippen molar-refractivity contribution < 1.29 is 0 Å². The molecule has 0 saturated heterocycles. The molecule has 0 spiro atoms. The van der Waals surface area contributed by atoms with Crippen LogP contribution in [0, 0.1) is 11.3 Å². The second kappa shape index (κ2) is 5.50. The van der Waals surface area contributed by atoms with Crippen LogP contribution in [0.3, 0.4) is 0 Å². The number of hydrogen-bond acceptors (Lipinski definition) is 4. The van der Waals surface area contributed by atoms with E-state index in [2.05, 4.69) is 47.7 Å². The Hall–Kier alpha value is -1.86. The van der Waals surface area contributed by atoms with Crippen LogP contribution in [-0.2, 0) is 18.3 Å². The third-order valence-corrected chi connectivity index (χ3v) is 5.29. The molecule has 3 nitrogen and oxygen atoms in total. The summed E-state index contributed by atoms with van der Waals surface area (Å²) in [6.45, 7) is 5.20. The summed E-state index contributed by atoms with van der Waals surface area (Å²) < 4.78 is 0. The van der Waals surface area contributed by atoms with Gasteiger partial charge in [0.1, 0.15) is 11.9 Å². The molecule has 1 aliphatic rings. The van der Waals surface area contributed by atoms with Gasteiger partial charge in [0, 0.05) is 22.5 Å². The molecule has 1 aliphatic carbocycles. The van der Waals surface area contributed by atoms with Gasteiger partial charge in [-0.1, -0.05) is 19.9 Å². The molecule has 2 aromatic rings. The molecule has 2 heterocycles. The molecular weight excluding hydrogens is 278 g/mol. The highest BCUT2D eigenvalue weighted by atomic mass is 32.1.